The van der Waals surface area contributed by atoms with Crippen molar-refractivity contribution in [2.24, 2.45) is 11.7 Å². The Morgan fingerprint density at radius 1 is 0.963 bits per heavy atom. The molecule has 0 bridgehead atoms. The lowest BCUT2D eigenvalue weighted by atomic mass is 9.86. The van der Waals surface area contributed by atoms with Gasteiger partial charge in [0.15, 0.2) is 0 Å². The van der Waals surface area contributed by atoms with Crippen molar-refractivity contribution in [3.63, 3.8) is 0 Å². The van der Waals surface area contributed by atoms with Crippen molar-refractivity contribution in [1.82, 2.24) is 9.97 Å². The standard InChI is InChI=1S/C21H24ClN5/c22-15-7-11-17(12-8-15)25-20-18-3-1-2-4-19(18)26-21(27-20)24-13-14-5-9-16(23)10-6-14/h1-4,7-8,11-12,14,16H,5-6,9-10,13,23H2,(H2,24,25,26,27). The molecule has 1 saturated carbocycles. The molecule has 140 valence electrons. The van der Waals surface area contributed by atoms with Crippen molar-refractivity contribution in [3.8, 4) is 0 Å². The molecular weight excluding hydrogens is 358 g/mol. The maximum absolute atomic E-state index is 6.01. The minimum absolute atomic E-state index is 0.369. The third-order valence-electron chi connectivity index (χ3n) is 5.15. The topological polar surface area (TPSA) is 75.9 Å². The van der Waals surface area contributed by atoms with Gasteiger partial charge in [-0.2, -0.15) is 4.98 Å². The van der Waals surface area contributed by atoms with Crippen LogP contribution >= 0.6 is 11.6 Å². The Morgan fingerprint density at radius 2 is 1.70 bits per heavy atom. The summed E-state index contributed by atoms with van der Waals surface area (Å²) in [6.07, 6.45) is 4.54. The molecule has 1 aromatic heterocycles. The predicted molar refractivity (Wildman–Crippen MR) is 113 cm³/mol. The summed E-state index contributed by atoms with van der Waals surface area (Å²) in [5, 5.41) is 8.52. The quantitative estimate of drug-likeness (QED) is 0.582. The molecule has 0 amide bonds. The van der Waals surface area contributed by atoms with E-state index in [1.165, 1.54) is 0 Å². The Balaban J connectivity index is 1.55. The lowest BCUT2D eigenvalue weighted by Gasteiger charge is -2.26. The highest BCUT2D eigenvalue weighted by atomic mass is 35.5. The number of rotatable bonds is 5. The number of hydrogen-bond donors (Lipinski definition) is 3. The highest BCUT2D eigenvalue weighted by Crippen LogP contribution is 2.27. The fraction of sp³-hybridized carbons (Fsp3) is 0.333. The van der Waals surface area contributed by atoms with E-state index < -0.39 is 0 Å². The number of benzene rings is 2. The number of anilines is 3. The summed E-state index contributed by atoms with van der Waals surface area (Å²) in [6, 6.07) is 16.0. The van der Waals surface area contributed by atoms with E-state index in [0.29, 0.717) is 22.9 Å². The van der Waals surface area contributed by atoms with Crippen LogP contribution in [0.4, 0.5) is 17.5 Å². The van der Waals surface area contributed by atoms with Crippen LogP contribution in [0.5, 0.6) is 0 Å². The molecule has 2 aromatic carbocycles. The van der Waals surface area contributed by atoms with Gasteiger partial charge in [0.1, 0.15) is 5.82 Å². The first-order chi connectivity index (χ1) is 13.2. The van der Waals surface area contributed by atoms with Gasteiger partial charge < -0.3 is 16.4 Å². The van der Waals surface area contributed by atoms with Gasteiger partial charge >= 0.3 is 0 Å². The first-order valence-electron chi connectivity index (χ1n) is 9.46. The number of hydrogen-bond acceptors (Lipinski definition) is 5. The van der Waals surface area contributed by atoms with E-state index in [1.54, 1.807) is 0 Å². The molecule has 1 fully saturated rings. The zero-order chi connectivity index (χ0) is 18.6. The molecule has 0 spiro atoms. The van der Waals surface area contributed by atoms with Crippen molar-refractivity contribution in [2.45, 2.75) is 31.7 Å². The maximum Gasteiger partial charge on any atom is 0.225 e. The van der Waals surface area contributed by atoms with Gasteiger partial charge in [0.05, 0.1) is 5.52 Å². The molecule has 0 unspecified atom stereocenters. The second-order valence-electron chi connectivity index (χ2n) is 7.21. The van der Waals surface area contributed by atoms with E-state index in [9.17, 15) is 0 Å². The summed E-state index contributed by atoms with van der Waals surface area (Å²) in [5.41, 5.74) is 7.86. The fourth-order valence-corrected chi connectivity index (χ4v) is 3.67. The van der Waals surface area contributed by atoms with E-state index in [4.69, 9.17) is 22.3 Å². The summed E-state index contributed by atoms with van der Waals surface area (Å²) < 4.78 is 0. The number of aromatic nitrogens is 2. The van der Waals surface area contributed by atoms with Crippen LogP contribution in [-0.2, 0) is 0 Å². The maximum atomic E-state index is 6.01. The molecular formula is C21H24ClN5. The van der Waals surface area contributed by atoms with Gasteiger partial charge in [-0.05, 0) is 68.0 Å². The molecule has 4 N–H and O–H groups in total. The van der Waals surface area contributed by atoms with Crippen LogP contribution in [0.25, 0.3) is 10.9 Å². The second-order valence-corrected chi connectivity index (χ2v) is 7.64. The lowest BCUT2D eigenvalue weighted by molar-refractivity contribution is 0.338. The first-order valence-corrected chi connectivity index (χ1v) is 9.84. The molecule has 0 aliphatic heterocycles. The van der Waals surface area contributed by atoms with Gasteiger partial charge in [0, 0.05) is 28.7 Å². The van der Waals surface area contributed by atoms with E-state index in [0.717, 1.165) is 54.6 Å². The average Bonchev–Trinajstić information content (AvgIpc) is 2.69. The number of fused-ring (bicyclic) bond motifs is 1. The molecule has 3 aromatic rings. The highest BCUT2D eigenvalue weighted by Gasteiger charge is 2.18. The van der Waals surface area contributed by atoms with E-state index in [-0.39, 0.29) is 0 Å². The van der Waals surface area contributed by atoms with Gasteiger partial charge in [-0.25, -0.2) is 4.98 Å². The largest absolute Gasteiger partial charge is 0.354 e. The summed E-state index contributed by atoms with van der Waals surface area (Å²) in [4.78, 5) is 9.41. The number of nitrogens with two attached hydrogens (primary N) is 1. The summed E-state index contributed by atoms with van der Waals surface area (Å²) in [5.74, 6) is 2.07. The molecule has 1 aliphatic carbocycles. The van der Waals surface area contributed by atoms with Crippen molar-refractivity contribution in [2.75, 3.05) is 17.2 Å². The van der Waals surface area contributed by atoms with Crippen molar-refractivity contribution < 1.29 is 0 Å². The van der Waals surface area contributed by atoms with Crippen LogP contribution in [0.1, 0.15) is 25.7 Å². The highest BCUT2D eigenvalue weighted by molar-refractivity contribution is 6.30. The molecule has 0 saturated heterocycles. The molecule has 0 atom stereocenters. The Kier molecular flexibility index (Phi) is 5.41. The third-order valence-corrected chi connectivity index (χ3v) is 5.40. The van der Waals surface area contributed by atoms with Gasteiger partial charge in [-0.1, -0.05) is 23.7 Å². The lowest BCUT2D eigenvalue weighted by Crippen LogP contribution is -2.29. The Bertz CT molecular complexity index is 904. The van der Waals surface area contributed by atoms with Gasteiger partial charge in [-0.3, -0.25) is 0 Å². The summed E-state index contributed by atoms with van der Waals surface area (Å²) in [6.45, 7) is 0.880. The zero-order valence-electron chi connectivity index (χ0n) is 15.2. The van der Waals surface area contributed by atoms with Crippen LogP contribution in [-0.4, -0.2) is 22.6 Å². The Labute approximate surface area is 164 Å². The van der Waals surface area contributed by atoms with E-state index in [2.05, 4.69) is 15.6 Å². The molecule has 1 heterocycles. The van der Waals surface area contributed by atoms with Crippen molar-refractivity contribution >= 4 is 40.0 Å². The number of halogens is 1. The fourth-order valence-electron chi connectivity index (χ4n) is 3.55. The monoisotopic (exact) mass is 381 g/mol. The normalized spacial score (nSPS) is 19.8. The number of para-hydroxylation sites is 1. The molecule has 0 radical (unpaired) electrons. The minimum Gasteiger partial charge on any atom is -0.354 e. The van der Waals surface area contributed by atoms with E-state index >= 15 is 0 Å². The van der Waals surface area contributed by atoms with Crippen LogP contribution in [0.15, 0.2) is 48.5 Å². The van der Waals surface area contributed by atoms with Crippen LogP contribution < -0.4 is 16.4 Å². The van der Waals surface area contributed by atoms with Crippen LogP contribution in [0.3, 0.4) is 0 Å². The number of nitrogens with one attached hydrogen (secondary N) is 2. The van der Waals surface area contributed by atoms with E-state index in [1.807, 2.05) is 48.5 Å². The molecule has 1 aliphatic rings. The Morgan fingerprint density at radius 3 is 2.48 bits per heavy atom. The smallest absolute Gasteiger partial charge is 0.225 e. The average molecular weight is 382 g/mol. The van der Waals surface area contributed by atoms with Crippen molar-refractivity contribution in [3.05, 3.63) is 53.6 Å². The SMILES string of the molecule is NC1CCC(CNc2nc(Nc3ccc(Cl)cc3)c3ccccc3n2)CC1. The van der Waals surface area contributed by atoms with Crippen LogP contribution in [0.2, 0.25) is 5.02 Å². The summed E-state index contributed by atoms with van der Waals surface area (Å²) in [7, 11) is 0. The molecule has 27 heavy (non-hydrogen) atoms. The second kappa shape index (κ2) is 8.11. The predicted octanol–water partition coefficient (Wildman–Crippen LogP) is 4.96. The summed E-state index contributed by atoms with van der Waals surface area (Å²) >= 11 is 5.99. The minimum atomic E-state index is 0.369. The van der Waals surface area contributed by atoms with Gasteiger partial charge in [0.2, 0.25) is 5.95 Å². The molecule has 4 rings (SSSR count). The van der Waals surface area contributed by atoms with Crippen molar-refractivity contribution in [1.29, 1.82) is 0 Å². The molecule has 5 nitrogen and oxygen atoms in total. The number of nitrogens with zero attached hydrogens (tertiary/aromatic N) is 2. The van der Waals surface area contributed by atoms with Crippen LogP contribution in [0, 0.1) is 5.92 Å². The third kappa shape index (κ3) is 4.49. The Hall–Kier alpha value is -2.37. The van der Waals surface area contributed by atoms with Gasteiger partial charge in [-0.15, -0.1) is 0 Å². The molecule has 6 heteroatoms. The zero-order valence-corrected chi connectivity index (χ0v) is 15.9. The van der Waals surface area contributed by atoms with Gasteiger partial charge in [0.25, 0.3) is 0 Å². The first kappa shape index (κ1) is 18.0.